The molecule has 0 spiro atoms. The first-order chi connectivity index (χ1) is 14.7. The van der Waals surface area contributed by atoms with Gasteiger partial charge in [0.2, 0.25) is 5.55 Å². The van der Waals surface area contributed by atoms with Crippen molar-refractivity contribution < 1.29 is 18.7 Å². The standard InChI is InChI=1S/C24H26N2O4/c1-3-16-9-11-18(12-10-16)26-24-20(23(27)25-15-19-7-5-13-29-19)14-17-6-4-8-21(28-2)22(17)30-24/h4,6,8-12,14,19H,3,5,7,13,15H2,1-2H3,(H,25,27)/t19-/m1/s1. The number of rotatable bonds is 6. The maximum atomic E-state index is 13.0. The normalized spacial score (nSPS) is 16.7. The lowest BCUT2D eigenvalue weighted by molar-refractivity contribution is 0.0854. The first-order valence-electron chi connectivity index (χ1n) is 10.3. The van der Waals surface area contributed by atoms with E-state index >= 15 is 0 Å². The van der Waals surface area contributed by atoms with Crippen molar-refractivity contribution in [1.82, 2.24) is 5.32 Å². The summed E-state index contributed by atoms with van der Waals surface area (Å²) >= 11 is 0. The van der Waals surface area contributed by atoms with E-state index in [-0.39, 0.29) is 17.6 Å². The number of hydrogen-bond donors (Lipinski definition) is 1. The van der Waals surface area contributed by atoms with Crippen LogP contribution in [0.15, 0.2) is 57.9 Å². The van der Waals surface area contributed by atoms with Gasteiger partial charge in [0, 0.05) is 18.5 Å². The molecule has 1 saturated heterocycles. The highest BCUT2D eigenvalue weighted by Crippen LogP contribution is 2.25. The fourth-order valence-corrected chi connectivity index (χ4v) is 3.56. The van der Waals surface area contributed by atoms with Crippen LogP contribution in [0.1, 0.15) is 35.7 Å². The number of aryl methyl sites for hydroxylation is 1. The summed E-state index contributed by atoms with van der Waals surface area (Å²) in [7, 11) is 1.59. The first-order valence-corrected chi connectivity index (χ1v) is 10.3. The summed E-state index contributed by atoms with van der Waals surface area (Å²) in [5.74, 6) is 0.361. The van der Waals surface area contributed by atoms with E-state index in [1.165, 1.54) is 5.56 Å². The Morgan fingerprint density at radius 3 is 2.77 bits per heavy atom. The number of amides is 1. The SMILES string of the molecule is CCc1ccc(N=c2oc3c(OC)cccc3cc2C(=O)NC[C@H]2CCCO2)cc1. The molecule has 1 N–H and O–H groups in total. The average molecular weight is 406 g/mol. The Hall–Kier alpha value is -3.12. The van der Waals surface area contributed by atoms with Crippen molar-refractivity contribution in [3.05, 3.63) is 65.2 Å². The number of nitrogens with zero attached hydrogens (tertiary/aromatic N) is 1. The average Bonchev–Trinajstić information content (AvgIpc) is 3.31. The minimum absolute atomic E-state index is 0.0633. The van der Waals surface area contributed by atoms with Gasteiger partial charge in [-0.25, -0.2) is 4.99 Å². The zero-order valence-corrected chi connectivity index (χ0v) is 17.3. The van der Waals surface area contributed by atoms with Gasteiger partial charge in [0.1, 0.15) is 5.56 Å². The number of carbonyl (C=O) groups excluding carboxylic acids is 1. The number of nitrogens with one attached hydrogen (secondary N) is 1. The lowest BCUT2D eigenvalue weighted by Gasteiger charge is -2.12. The smallest absolute Gasteiger partial charge is 0.256 e. The van der Waals surface area contributed by atoms with Gasteiger partial charge in [0.25, 0.3) is 5.91 Å². The number of ether oxygens (including phenoxy) is 2. The van der Waals surface area contributed by atoms with Crippen molar-refractivity contribution >= 4 is 22.6 Å². The lowest BCUT2D eigenvalue weighted by Crippen LogP contribution is -2.34. The Labute approximate surface area is 175 Å². The predicted molar refractivity (Wildman–Crippen MR) is 115 cm³/mol. The minimum atomic E-state index is -0.233. The molecule has 2 heterocycles. The highest BCUT2D eigenvalue weighted by molar-refractivity contribution is 5.97. The molecule has 0 aliphatic carbocycles. The summed E-state index contributed by atoms with van der Waals surface area (Å²) in [5, 5.41) is 3.74. The van der Waals surface area contributed by atoms with Gasteiger partial charge < -0.3 is 19.2 Å². The van der Waals surface area contributed by atoms with E-state index in [1.54, 1.807) is 13.2 Å². The number of carbonyl (C=O) groups is 1. The molecule has 30 heavy (non-hydrogen) atoms. The van der Waals surface area contributed by atoms with E-state index < -0.39 is 0 Å². The molecule has 156 valence electrons. The third-order valence-electron chi connectivity index (χ3n) is 5.29. The van der Waals surface area contributed by atoms with Crippen LogP contribution >= 0.6 is 0 Å². The molecule has 0 radical (unpaired) electrons. The van der Waals surface area contributed by atoms with Crippen molar-refractivity contribution in [3.63, 3.8) is 0 Å². The summed E-state index contributed by atoms with van der Waals surface area (Å²) in [6.45, 7) is 3.33. The van der Waals surface area contributed by atoms with Gasteiger partial charge in [0.05, 0.1) is 18.9 Å². The third kappa shape index (κ3) is 4.39. The molecule has 1 atom stereocenters. The third-order valence-corrected chi connectivity index (χ3v) is 5.29. The summed E-state index contributed by atoms with van der Waals surface area (Å²) in [4.78, 5) is 17.6. The zero-order chi connectivity index (χ0) is 20.9. The van der Waals surface area contributed by atoms with Gasteiger partial charge in [-0.1, -0.05) is 31.2 Å². The molecule has 2 aromatic carbocycles. The number of para-hydroxylation sites is 1. The fraction of sp³-hybridized carbons (Fsp3) is 0.333. The van der Waals surface area contributed by atoms with E-state index in [1.807, 2.05) is 42.5 Å². The van der Waals surface area contributed by atoms with Gasteiger partial charge in [-0.2, -0.15) is 0 Å². The molecule has 0 unspecified atom stereocenters. The molecule has 1 aromatic heterocycles. The van der Waals surface area contributed by atoms with E-state index in [9.17, 15) is 4.79 Å². The predicted octanol–water partition coefficient (Wildman–Crippen LogP) is 4.15. The maximum Gasteiger partial charge on any atom is 0.256 e. The monoisotopic (exact) mass is 406 g/mol. The van der Waals surface area contributed by atoms with E-state index in [0.717, 1.165) is 36.9 Å². The maximum absolute atomic E-state index is 13.0. The lowest BCUT2D eigenvalue weighted by atomic mass is 10.1. The van der Waals surface area contributed by atoms with Crippen LogP contribution in [0.25, 0.3) is 11.0 Å². The van der Waals surface area contributed by atoms with Crippen LogP contribution in [0.3, 0.4) is 0 Å². The molecule has 1 fully saturated rings. The van der Waals surface area contributed by atoms with Crippen molar-refractivity contribution in [2.75, 3.05) is 20.3 Å². The van der Waals surface area contributed by atoms with Crippen molar-refractivity contribution in [3.8, 4) is 5.75 Å². The van der Waals surface area contributed by atoms with E-state index in [2.05, 4.69) is 17.2 Å². The van der Waals surface area contributed by atoms with Crippen LogP contribution in [0.5, 0.6) is 5.75 Å². The van der Waals surface area contributed by atoms with Gasteiger partial charge in [-0.15, -0.1) is 0 Å². The Kier molecular flexibility index (Phi) is 6.14. The second-order valence-electron chi connectivity index (χ2n) is 7.32. The molecule has 6 nitrogen and oxygen atoms in total. The second-order valence-corrected chi connectivity index (χ2v) is 7.32. The van der Waals surface area contributed by atoms with Crippen LogP contribution in [0.4, 0.5) is 5.69 Å². The number of fused-ring (bicyclic) bond motifs is 1. The Bertz CT molecular complexity index is 1100. The fourth-order valence-electron chi connectivity index (χ4n) is 3.56. The Morgan fingerprint density at radius 2 is 2.07 bits per heavy atom. The van der Waals surface area contributed by atoms with Crippen LogP contribution in [-0.4, -0.2) is 32.3 Å². The van der Waals surface area contributed by atoms with Crippen LogP contribution < -0.4 is 15.6 Å². The zero-order valence-electron chi connectivity index (χ0n) is 17.3. The van der Waals surface area contributed by atoms with E-state index in [0.29, 0.717) is 23.4 Å². The topological polar surface area (TPSA) is 73.1 Å². The van der Waals surface area contributed by atoms with Crippen molar-refractivity contribution in [2.24, 2.45) is 4.99 Å². The minimum Gasteiger partial charge on any atom is -0.493 e. The Morgan fingerprint density at radius 1 is 1.23 bits per heavy atom. The molecule has 6 heteroatoms. The summed E-state index contributed by atoms with van der Waals surface area (Å²) in [5.41, 5.74) is 3.13. The summed E-state index contributed by atoms with van der Waals surface area (Å²) in [6, 6.07) is 15.3. The van der Waals surface area contributed by atoms with E-state index in [4.69, 9.17) is 13.9 Å². The highest BCUT2D eigenvalue weighted by Gasteiger charge is 2.19. The molecule has 1 amide bonds. The number of hydrogen-bond acceptors (Lipinski definition) is 5. The van der Waals surface area contributed by atoms with Gasteiger partial charge in [-0.05, 0) is 49.1 Å². The van der Waals surface area contributed by atoms with Gasteiger partial charge >= 0.3 is 0 Å². The molecule has 1 aliphatic heterocycles. The summed E-state index contributed by atoms with van der Waals surface area (Å²) in [6.07, 6.45) is 3.00. The number of methoxy groups -OCH3 is 1. The first kappa shape index (κ1) is 20.2. The van der Waals surface area contributed by atoms with Crippen LogP contribution in [-0.2, 0) is 11.2 Å². The second kappa shape index (κ2) is 9.13. The van der Waals surface area contributed by atoms with Crippen molar-refractivity contribution in [1.29, 1.82) is 0 Å². The Balaban J connectivity index is 1.76. The van der Waals surface area contributed by atoms with Gasteiger partial charge in [0.15, 0.2) is 11.3 Å². The van der Waals surface area contributed by atoms with Crippen LogP contribution in [0.2, 0.25) is 0 Å². The molecule has 3 aromatic rings. The largest absolute Gasteiger partial charge is 0.493 e. The molecule has 4 rings (SSSR count). The summed E-state index contributed by atoms with van der Waals surface area (Å²) < 4.78 is 17.1. The molecular weight excluding hydrogens is 380 g/mol. The van der Waals surface area contributed by atoms with Gasteiger partial charge in [-0.3, -0.25) is 4.79 Å². The highest BCUT2D eigenvalue weighted by atomic mass is 16.5. The molecule has 1 aliphatic rings. The van der Waals surface area contributed by atoms with Crippen molar-refractivity contribution in [2.45, 2.75) is 32.3 Å². The molecular formula is C24H26N2O4. The van der Waals surface area contributed by atoms with Crippen LogP contribution in [0, 0.1) is 0 Å². The molecule has 0 saturated carbocycles. The molecule has 0 bridgehead atoms. The number of benzene rings is 2. The quantitative estimate of drug-likeness (QED) is 0.668.